The van der Waals surface area contributed by atoms with Crippen molar-refractivity contribution >= 4 is 28.8 Å². The predicted octanol–water partition coefficient (Wildman–Crippen LogP) is 4.63. The van der Waals surface area contributed by atoms with E-state index in [4.69, 9.17) is 17.0 Å². The van der Waals surface area contributed by atoms with Crippen molar-refractivity contribution in [2.75, 3.05) is 36.5 Å². The molecule has 7 heteroatoms. The maximum atomic E-state index is 13.4. The molecule has 2 saturated heterocycles. The Balaban J connectivity index is 1.37. The highest BCUT2D eigenvalue weighted by atomic mass is 32.1. The molecule has 31 heavy (non-hydrogen) atoms. The summed E-state index contributed by atoms with van der Waals surface area (Å²) in [6, 6.07) is 11.4. The molecule has 3 heterocycles. The highest BCUT2D eigenvalue weighted by Gasteiger charge is 2.34. The van der Waals surface area contributed by atoms with Gasteiger partial charge in [0.15, 0.2) is 5.11 Å². The van der Waals surface area contributed by atoms with E-state index in [0.717, 1.165) is 36.5 Å². The highest BCUT2D eigenvalue weighted by Crippen LogP contribution is 2.34. The number of piperidine rings is 1. The Morgan fingerprint density at radius 1 is 1.19 bits per heavy atom. The van der Waals surface area contributed by atoms with Crippen LogP contribution in [0.4, 0.5) is 15.9 Å². The van der Waals surface area contributed by atoms with Crippen LogP contribution in [0.3, 0.4) is 0 Å². The van der Waals surface area contributed by atoms with E-state index in [1.807, 2.05) is 24.4 Å². The second kappa shape index (κ2) is 9.92. The fourth-order valence-electron chi connectivity index (χ4n) is 4.63. The number of benzene rings is 1. The zero-order valence-electron chi connectivity index (χ0n) is 18.1. The zero-order valence-corrected chi connectivity index (χ0v) is 18.9. The molecule has 2 aliphatic rings. The Morgan fingerprint density at radius 3 is 2.65 bits per heavy atom. The number of thiocarbonyl (C=S) groups is 1. The number of hydrogen-bond acceptors (Lipinski definition) is 4. The zero-order chi connectivity index (χ0) is 21.7. The van der Waals surface area contributed by atoms with Crippen molar-refractivity contribution in [2.45, 2.75) is 50.5 Å². The molecule has 2 N–H and O–H groups in total. The minimum atomic E-state index is -0.217. The van der Waals surface area contributed by atoms with E-state index in [-0.39, 0.29) is 11.2 Å². The van der Waals surface area contributed by atoms with Crippen molar-refractivity contribution in [1.29, 1.82) is 0 Å². The molecule has 0 aliphatic carbocycles. The monoisotopic (exact) mass is 442 g/mol. The van der Waals surface area contributed by atoms with Crippen LogP contribution in [0, 0.1) is 5.82 Å². The number of aromatic nitrogens is 1. The molecule has 4 rings (SSSR count). The quantitative estimate of drug-likeness (QED) is 0.659. The van der Waals surface area contributed by atoms with Crippen LogP contribution in [0.2, 0.25) is 0 Å². The number of rotatable bonds is 5. The first kappa shape index (κ1) is 22.0. The van der Waals surface area contributed by atoms with Gasteiger partial charge < -0.3 is 20.3 Å². The van der Waals surface area contributed by atoms with Gasteiger partial charge in [-0.15, -0.1) is 0 Å². The van der Waals surface area contributed by atoms with Crippen molar-refractivity contribution in [3.8, 4) is 0 Å². The van der Waals surface area contributed by atoms with E-state index in [1.54, 1.807) is 0 Å². The number of halogens is 1. The van der Waals surface area contributed by atoms with Gasteiger partial charge in [0.05, 0.1) is 11.9 Å². The lowest BCUT2D eigenvalue weighted by Gasteiger charge is -2.38. The summed E-state index contributed by atoms with van der Waals surface area (Å²) in [7, 11) is 0. The van der Waals surface area contributed by atoms with Gasteiger partial charge in [0, 0.05) is 37.8 Å². The van der Waals surface area contributed by atoms with E-state index in [9.17, 15) is 4.39 Å². The molecule has 166 valence electrons. The van der Waals surface area contributed by atoms with Crippen molar-refractivity contribution in [3.63, 3.8) is 0 Å². The van der Waals surface area contributed by atoms with Crippen LogP contribution in [0.5, 0.6) is 0 Å². The van der Waals surface area contributed by atoms with Crippen LogP contribution in [-0.2, 0) is 10.2 Å². The minimum absolute atomic E-state index is 0.121. The van der Waals surface area contributed by atoms with Crippen LogP contribution >= 0.6 is 12.2 Å². The van der Waals surface area contributed by atoms with Gasteiger partial charge in [0.1, 0.15) is 11.6 Å². The van der Waals surface area contributed by atoms with Gasteiger partial charge in [-0.3, -0.25) is 0 Å². The normalized spacial score (nSPS) is 20.8. The highest BCUT2D eigenvalue weighted by molar-refractivity contribution is 7.80. The summed E-state index contributed by atoms with van der Waals surface area (Å²) in [6.45, 7) is 5.39. The lowest BCUT2D eigenvalue weighted by molar-refractivity contribution is 0.0515. The third-order valence-electron chi connectivity index (χ3n) is 6.60. The molecule has 1 unspecified atom stereocenters. The van der Waals surface area contributed by atoms with Gasteiger partial charge in [-0.2, -0.15) is 0 Å². The SMILES string of the molecule is CC1CCCCN1c1ccc(NC(=S)NCC2(c3ccc(F)cc3)CCOCC2)cn1. The fourth-order valence-corrected chi connectivity index (χ4v) is 4.82. The molecule has 0 bridgehead atoms. The van der Waals surface area contributed by atoms with Crippen molar-refractivity contribution in [2.24, 2.45) is 0 Å². The number of hydrogen-bond donors (Lipinski definition) is 2. The Morgan fingerprint density at radius 2 is 1.97 bits per heavy atom. The predicted molar refractivity (Wildman–Crippen MR) is 127 cm³/mol. The molecular weight excluding hydrogens is 411 g/mol. The maximum absolute atomic E-state index is 13.4. The summed E-state index contributed by atoms with van der Waals surface area (Å²) in [6.07, 6.45) is 7.33. The molecule has 2 fully saturated rings. The van der Waals surface area contributed by atoms with Crippen LogP contribution in [-0.4, -0.2) is 42.4 Å². The average molecular weight is 443 g/mol. The third-order valence-corrected chi connectivity index (χ3v) is 6.84. The molecule has 0 radical (unpaired) electrons. The third kappa shape index (κ3) is 5.33. The number of nitrogens with one attached hydrogen (secondary N) is 2. The molecule has 0 spiro atoms. The fraction of sp³-hybridized carbons (Fsp3) is 0.500. The van der Waals surface area contributed by atoms with E-state index in [2.05, 4.69) is 33.5 Å². The van der Waals surface area contributed by atoms with Crippen molar-refractivity contribution in [3.05, 3.63) is 54.0 Å². The summed E-state index contributed by atoms with van der Waals surface area (Å²) in [5, 5.41) is 7.19. The molecule has 1 atom stereocenters. The summed E-state index contributed by atoms with van der Waals surface area (Å²) < 4.78 is 19.0. The number of anilines is 2. The molecule has 1 aromatic carbocycles. The van der Waals surface area contributed by atoms with E-state index >= 15 is 0 Å². The maximum Gasteiger partial charge on any atom is 0.170 e. The minimum Gasteiger partial charge on any atom is -0.381 e. The Bertz CT molecular complexity index is 868. The lowest BCUT2D eigenvalue weighted by atomic mass is 9.74. The lowest BCUT2D eigenvalue weighted by Crippen LogP contribution is -2.45. The van der Waals surface area contributed by atoms with Crippen molar-refractivity contribution < 1.29 is 9.13 Å². The summed E-state index contributed by atoms with van der Waals surface area (Å²) in [4.78, 5) is 7.03. The smallest absolute Gasteiger partial charge is 0.170 e. The van der Waals surface area contributed by atoms with Crippen molar-refractivity contribution in [1.82, 2.24) is 10.3 Å². The standard InChI is InChI=1S/C24H31FN4OS/c1-18-4-2-3-13-29(18)22-10-9-21(16-26-22)28-23(31)27-17-24(11-14-30-15-12-24)19-5-7-20(25)8-6-19/h5-10,16,18H,2-4,11-15,17H2,1H3,(H2,27,28,31). The van der Waals surface area contributed by atoms with E-state index in [1.165, 1.54) is 31.4 Å². The first-order chi connectivity index (χ1) is 15.1. The van der Waals surface area contributed by atoms with Gasteiger partial charge in [-0.05, 0) is 81.1 Å². The molecule has 1 aromatic heterocycles. The molecular formula is C24H31FN4OS. The molecule has 2 aliphatic heterocycles. The summed E-state index contributed by atoms with van der Waals surface area (Å²) >= 11 is 5.55. The van der Waals surface area contributed by atoms with Crippen LogP contribution < -0.4 is 15.5 Å². The molecule has 5 nitrogen and oxygen atoms in total. The Kier molecular flexibility index (Phi) is 7.02. The Labute approximate surface area is 189 Å². The van der Waals surface area contributed by atoms with Gasteiger partial charge in [-0.25, -0.2) is 9.37 Å². The number of ether oxygens (including phenoxy) is 1. The first-order valence-electron chi connectivity index (χ1n) is 11.2. The Hall–Kier alpha value is -2.25. The number of pyridine rings is 1. The molecule has 2 aromatic rings. The average Bonchev–Trinajstić information content (AvgIpc) is 2.80. The van der Waals surface area contributed by atoms with E-state index < -0.39 is 0 Å². The largest absolute Gasteiger partial charge is 0.381 e. The van der Waals surface area contributed by atoms with Crippen LogP contribution in [0.1, 0.15) is 44.6 Å². The van der Waals surface area contributed by atoms with Gasteiger partial charge in [0.2, 0.25) is 0 Å². The van der Waals surface area contributed by atoms with Crippen LogP contribution in [0.25, 0.3) is 0 Å². The second-order valence-corrected chi connectivity index (χ2v) is 9.06. The molecule has 0 saturated carbocycles. The summed E-state index contributed by atoms with van der Waals surface area (Å²) in [5.74, 6) is 0.806. The van der Waals surface area contributed by atoms with Gasteiger partial charge in [-0.1, -0.05) is 12.1 Å². The first-order valence-corrected chi connectivity index (χ1v) is 11.6. The number of nitrogens with zero attached hydrogens (tertiary/aromatic N) is 2. The van der Waals surface area contributed by atoms with E-state index in [0.29, 0.717) is 30.9 Å². The topological polar surface area (TPSA) is 49.4 Å². The van der Waals surface area contributed by atoms with Gasteiger partial charge in [0.25, 0.3) is 0 Å². The van der Waals surface area contributed by atoms with Gasteiger partial charge >= 0.3 is 0 Å². The second-order valence-electron chi connectivity index (χ2n) is 8.65. The molecule has 0 amide bonds. The van der Waals surface area contributed by atoms with Crippen LogP contribution in [0.15, 0.2) is 42.6 Å². The summed E-state index contributed by atoms with van der Waals surface area (Å²) in [5.41, 5.74) is 1.87.